The van der Waals surface area contributed by atoms with E-state index in [-0.39, 0.29) is 17.9 Å². The molecule has 1 aliphatic heterocycles. The number of rotatable bonds is 4. The largest absolute Gasteiger partial charge is 0.490 e. The van der Waals surface area contributed by atoms with Crippen molar-refractivity contribution in [3.63, 3.8) is 0 Å². The van der Waals surface area contributed by atoms with Gasteiger partial charge in [0.25, 0.3) is 0 Å². The quantitative estimate of drug-likeness (QED) is 0.836. The van der Waals surface area contributed by atoms with Crippen molar-refractivity contribution in [1.82, 2.24) is 9.88 Å². The molecule has 2 heterocycles. The summed E-state index contributed by atoms with van der Waals surface area (Å²) in [4.78, 5) is 29.3. The summed E-state index contributed by atoms with van der Waals surface area (Å²) in [6.45, 7) is 6.23. The molecule has 2 amide bonds. The number of carbonyl (C=O) groups is 2. The number of hydrogen-bond acceptors (Lipinski definition) is 4. The van der Waals surface area contributed by atoms with Crippen molar-refractivity contribution in [3.8, 4) is 5.75 Å². The van der Waals surface area contributed by atoms with Crippen molar-refractivity contribution in [2.75, 3.05) is 18.4 Å². The van der Waals surface area contributed by atoms with Gasteiger partial charge < -0.3 is 24.7 Å². The number of amides is 2. The Hall–Kier alpha value is -2.70. The number of hydrogen-bond donors (Lipinski definition) is 2. The molecule has 7 heteroatoms. The molecule has 1 aliphatic carbocycles. The minimum Gasteiger partial charge on any atom is -0.490 e. The molecule has 28 heavy (non-hydrogen) atoms. The van der Waals surface area contributed by atoms with Crippen molar-refractivity contribution >= 4 is 28.6 Å². The van der Waals surface area contributed by atoms with Gasteiger partial charge in [0.2, 0.25) is 5.91 Å². The fourth-order valence-corrected chi connectivity index (χ4v) is 3.31. The zero-order valence-corrected chi connectivity index (χ0v) is 16.6. The van der Waals surface area contributed by atoms with Crippen molar-refractivity contribution in [2.24, 2.45) is 5.92 Å². The maximum Gasteiger partial charge on any atom is 0.410 e. The first-order valence-corrected chi connectivity index (χ1v) is 9.85. The molecule has 2 aromatic rings. The summed E-state index contributed by atoms with van der Waals surface area (Å²) in [6, 6.07) is 5.88. The lowest BCUT2D eigenvalue weighted by molar-refractivity contribution is -0.124. The van der Waals surface area contributed by atoms with Crippen LogP contribution in [-0.2, 0) is 9.53 Å². The lowest BCUT2D eigenvalue weighted by Gasteiger charge is -2.38. The highest BCUT2D eigenvalue weighted by Crippen LogP contribution is 2.31. The first-order chi connectivity index (χ1) is 13.3. The third-order valence-corrected chi connectivity index (χ3v) is 5.17. The lowest BCUT2D eigenvalue weighted by atomic mass is 9.96. The number of benzene rings is 1. The Bertz CT molecular complexity index is 889. The van der Waals surface area contributed by atoms with Crippen LogP contribution in [0.5, 0.6) is 5.75 Å². The fourth-order valence-electron chi connectivity index (χ4n) is 3.31. The van der Waals surface area contributed by atoms with Crippen LogP contribution in [-0.4, -0.2) is 46.7 Å². The second-order valence-corrected chi connectivity index (χ2v) is 8.65. The summed E-state index contributed by atoms with van der Waals surface area (Å²) in [7, 11) is 0. The van der Waals surface area contributed by atoms with Crippen LogP contribution in [0.25, 0.3) is 10.9 Å². The van der Waals surface area contributed by atoms with E-state index in [2.05, 4.69) is 10.3 Å². The monoisotopic (exact) mass is 385 g/mol. The minimum absolute atomic E-state index is 0.0916. The summed E-state index contributed by atoms with van der Waals surface area (Å²) in [5, 5.41) is 3.90. The molecule has 7 nitrogen and oxygen atoms in total. The molecule has 1 aromatic heterocycles. The molecule has 0 unspecified atom stereocenters. The molecule has 2 aliphatic rings. The molecule has 1 saturated carbocycles. The minimum atomic E-state index is -0.534. The average Bonchev–Trinajstić information content (AvgIpc) is 2.90. The normalized spacial score (nSPS) is 17.8. The number of fused-ring (bicyclic) bond motifs is 1. The van der Waals surface area contributed by atoms with Gasteiger partial charge in [-0.05, 0) is 58.2 Å². The van der Waals surface area contributed by atoms with Crippen molar-refractivity contribution in [3.05, 3.63) is 24.4 Å². The van der Waals surface area contributed by atoms with Crippen molar-refractivity contribution < 1.29 is 19.1 Å². The van der Waals surface area contributed by atoms with Crippen LogP contribution in [0.1, 0.15) is 40.0 Å². The van der Waals surface area contributed by atoms with E-state index in [1.807, 2.05) is 39.0 Å². The Morgan fingerprint density at radius 1 is 1.21 bits per heavy atom. The highest BCUT2D eigenvalue weighted by atomic mass is 16.6. The Kier molecular flexibility index (Phi) is 4.69. The van der Waals surface area contributed by atoms with Gasteiger partial charge >= 0.3 is 6.09 Å². The molecule has 1 aromatic carbocycles. The predicted octanol–water partition coefficient (Wildman–Crippen LogP) is 3.90. The van der Waals surface area contributed by atoms with Gasteiger partial charge in [-0.1, -0.05) is 0 Å². The van der Waals surface area contributed by atoms with Gasteiger partial charge in [-0.2, -0.15) is 0 Å². The fraction of sp³-hybridized carbons (Fsp3) is 0.524. The highest BCUT2D eigenvalue weighted by Gasteiger charge is 2.38. The number of aromatic nitrogens is 1. The Balaban J connectivity index is 1.36. The van der Waals surface area contributed by atoms with Crippen LogP contribution in [0.4, 0.5) is 10.5 Å². The Labute approximate surface area is 164 Å². The number of H-pyrrole nitrogens is 1. The number of carbonyl (C=O) groups excluding carboxylic acids is 2. The zero-order chi connectivity index (χ0) is 19.9. The molecular weight excluding hydrogens is 358 g/mol. The summed E-state index contributed by atoms with van der Waals surface area (Å²) >= 11 is 0. The molecule has 2 N–H and O–H groups in total. The van der Waals surface area contributed by atoms with Crippen LogP contribution in [0.3, 0.4) is 0 Å². The van der Waals surface area contributed by atoms with Gasteiger partial charge in [0.15, 0.2) is 0 Å². The Morgan fingerprint density at radius 2 is 1.96 bits per heavy atom. The van der Waals surface area contributed by atoms with Crippen LogP contribution in [0.15, 0.2) is 24.4 Å². The standard InChI is InChI=1S/C21H27N3O4/c1-21(2,3)28-20(26)24-11-13(12-24)19(25)23-18-10-22-17-8-7-15(9-16(17)18)27-14-5-4-6-14/h7-10,13-14,22H,4-6,11-12H2,1-3H3,(H,23,25). The molecule has 0 atom stereocenters. The van der Waals surface area contributed by atoms with Crippen LogP contribution in [0.2, 0.25) is 0 Å². The highest BCUT2D eigenvalue weighted by molar-refractivity contribution is 6.03. The number of nitrogens with zero attached hydrogens (tertiary/aromatic N) is 1. The van der Waals surface area contributed by atoms with E-state index in [1.165, 1.54) is 6.42 Å². The van der Waals surface area contributed by atoms with Gasteiger partial charge in [-0.25, -0.2) is 4.79 Å². The van der Waals surface area contributed by atoms with E-state index < -0.39 is 5.60 Å². The van der Waals surface area contributed by atoms with Gasteiger partial charge in [0.05, 0.1) is 17.7 Å². The second kappa shape index (κ2) is 7.04. The van der Waals surface area contributed by atoms with Crippen molar-refractivity contribution in [2.45, 2.75) is 51.7 Å². The molecule has 1 saturated heterocycles. The average molecular weight is 385 g/mol. The topological polar surface area (TPSA) is 83.7 Å². The number of anilines is 1. The van der Waals surface area contributed by atoms with Gasteiger partial charge in [0.1, 0.15) is 11.4 Å². The smallest absolute Gasteiger partial charge is 0.410 e. The van der Waals surface area contributed by atoms with Crippen LogP contribution in [0, 0.1) is 5.92 Å². The van der Waals surface area contributed by atoms with Crippen molar-refractivity contribution in [1.29, 1.82) is 0 Å². The second-order valence-electron chi connectivity index (χ2n) is 8.65. The van der Waals surface area contributed by atoms with Gasteiger partial charge in [-0.15, -0.1) is 0 Å². The predicted molar refractivity (Wildman–Crippen MR) is 106 cm³/mol. The maximum atomic E-state index is 12.6. The van der Waals surface area contributed by atoms with Gasteiger partial charge in [0, 0.05) is 30.2 Å². The number of likely N-dealkylation sites (tertiary alicyclic amines) is 1. The first kappa shape index (κ1) is 18.7. The third kappa shape index (κ3) is 3.93. The van der Waals surface area contributed by atoms with Gasteiger partial charge in [-0.3, -0.25) is 4.79 Å². The number of aromatic amines is 1. The summed E-state index contributed by atoms with van der Waals surface area (Å²) in [6.07, 6.45) is 5.15. The molecule has 0 spiro atoms. The number of ether oxygens (including phenoxy) is 2. The third-order valence-electron chi connectivity index (χ3n) is 5.17. The van der Waals surface area contributed by atoms with Crippen LogP contribution >= 0.6 is 0 Å². The summed E-state index contributed by atoms with van der Waals surface area (Å²) < 4.78 is 11.3. The van der Waals surface area contributed by atoms with E-state index in [0.717, 1.165) is 35.2 Å². The molecular formula is C21H27N3O4. The van der Waals surface area contributed by atoms with E-state index in [4.69, 9.17) is 9.47 Å². The molecule has 4 rings (SSSR count). The zero-order valence-electron chi connectivity index (χ0n) is 16.6. The SMILES string of the molecule is CC(C)(C)OC(=O)N1CC(C(=O)Nc2c[nH]c3ccc(OC4CCC4)cc23)C1. The van der Waals surface area contributed by atoms with E-state index >= 15 is 0 Å². The van der Waals surface area contributed by atoms with E-state index in [0.29, 0.717) is 19.2 Å². The van der Waals surface area contributed by atoms with E-state index in [9.17, 15) is 9.59 Å². The molecule has 0 radical (unpaired) electrons. The molecule has 2 fully saturated rings. The summed E-state index contributed by atoms with van der Waals surface area (Å²) in [5.74, 6) is 0.505. The number of nitrogens with one attached hydrogen (secondary N) is 2. The lowest BCUT2D eigenvalue weighted by Crippen LogP contribution is -2.55. The summed E-state index contributed by atoms with van der Waals surface area (Å²) in [5.41, 5.74) is 1.14. The molecule has 0 bridgehead atoms. The first-order valence-electron chi connectivity index (χ1n) is 9.85. The molecule has 150 valence electrons. The van der Waals surface area contributed by atoms with E-state index in [1.54, 1.807) is 11.1 Å². The van der Waals surface area contributed by atoms with Crippen LogP contribution < -0.4 is 10.1 Å². The Morgan fingerprint density at radius 3 is 2.61 bits per heavy atom. The maximum absolute atomic E-state index is 12.6.